The van der Waals surface area contributed by atoms with Gasteiger partial charge in [0.15, 0.2) is 0 Å². The van der Waals surface area contributed by atoms with Crippen LogP contribution in [0.2, 0.25) is 0 Å². The zero-order valence-corrected chi connectivity index (χ0v) is 19.7. The van der Waals surface area contributed by atoms with E-state index in [9.17, 15) is 4.79 Å². The van der Waals surface area contributed by atoms with Crippen LogP contribution < -0.4 is 10.9 Å². The molecule has 0 spiro atoms. The number of pyridine rings is 1. The van der Waals surface area contributed by atoms with E-state index in [4.69, 9.17) is 4.74 Å². The number of aryl methyl sites for hydroxylation is 1. The summed E-state index contributed by atoms with van der Waals surface area (Å²) in [6.07, 6.45) is 2.28. The van der Waals surface area contributed by atoms with Crippen molar-refractivity contribution in [3.05, 3.63) is 63.3 Å². The Hall–Kier alpha value is -3.01. The van der Waals surface area contributed by atoms with Crippen molar-refractivity contribution in [1.29, 1.82) is 0 Å². The van der Waals surface area contributed by atoms with E-state index in [1.54, 1.807) is 13.8 Å². The number of nitrogens with one attached hydrogen (secondary N) is 1. The van der Waals surface area contributed by atoms with Crippen molar-refractivity contribution in [3.63, 3.8) is 0 Å². The topological polar surface area (TPSA) is 69.0 Å². The van der Waals surface area contributed by atoms with E-state index in [0.717, 1.165) is 18.9 Å². The maximum absolute atomic E-state index is 15.4. The van der Waals surface area contributed by atoms with Gasteiger partial charge in [-0.2, -0.15) is 13.2 Å². The highest BCUT2D eigenvalue weighted by molar-refractivity contribution is 5.89. The predicted molar refractivity (Wildman–Crippen MR) is 123 cm³/mol. The molecule has 1 N–H and O–H groups in total. The highest BCUT2D eigenvalue weighted by Crippen LogP contribution is 2.43. The van der Waals surface area contributed by atoms with Gasteiger partial charge in [0.05, 0.1) is 17.0 Å². The average molecular weight is 491 g/mol. The minimum Gasteiger partial charge on any atom is -0.372 e. The Labute approximate surface area is 199 Å². The highest BCUT2D eigenvalue weighted by atomic mass is 19.3. The maximum atomic E-state index is 15.4. The van der Waals surface area contributed by atoms with E-state index in [-0.39, 0.29) is 41.1 Å². The summed E-state index contributed by atoms with van der Waals surface area (Å²) in [7, 11) is 0. The predicted octanol–water partition coefficient (Wildman–Crippen LogP) is 5.33. The lowest BCUT2D eigenvalue weighted by molar-refractivity contribution is -0.124. The van der Waals surface area contributed by atoms with E-state index in [1.807, 2.05) is 6.92 Å². The number of halogens is 4. The Morgan fingerprint density at radius 3 is 2.63 bits per heavy atom. The molecule has 1 aliphatic heterocycles. The van der Waals surface area contributed by atoms with Crippen LogP contribution in [-0.2, 0) is 16.2 Å². The second-order valence-electron chi connectivity index (χ2n) is 9.70. The van der Waals surface area contributed by atoms with Gasteiger partial charge in [-0.25, -0.2) is 14.4 Å². The Morgan fingerprint density at radius 2 is 1.97 bits per heavy atom. The van der Waals surface area contributed by atoms with Crippen LogP contribution in [-0.4, -0.2) is 27.2 Å². The van der Waals surface area contributed by atoms with Crippen molar-refractivity contribution in [1.82, 2.24) is 14.5 Å². The molecule has 2 aromatic heterocycles. The summed E-state index contributed by atoms with van der Waals surface area (Å²) >= 11 is 0. The van der Waals surface area contributed by atoms with Gasteiger partial charge in [-0.15, -0.1) is 0 Å². The summed E-state index contributed by atoms with van der Waals surface area (Å²) in [5.41, 5.74) is -2.09. The number of hydrogen-bond acceptors (Lipinski definition) is 5. The van der Waals surface area contributed by atoms with Crippen LogP contribution in [0.5, 0.6) is 0 Å². The van der Waals surface area contributed by atoms with Crippen molar-refractivity contribution in [3.8, 4) is 0 Å². The van der Waals surface area contributed by atoms with Gasteiger partial charge in [-0.3, -0.25) is 4.79 Å². The van der Waals surface area contributed by atoms with Crippen LogP contribution >= 0.6 is 0 Å². The number of ether oxygens (including phenoxy) is 1. The Kier molecular flexibility index (Phi) is 5.62. The maximum Gasteiger partial charge on any atom is 0.301 e. The molecule has 0 radical (unpaired) electrons. The first kappa shape index (κ1) is 23.7. The van der Waals surface area contributed by atoms with Crippen molar-refractivity contribution in [2.24, 2.45) is 0 Å². The molecule has 0 amide bonds. The number of anilines is 1. The SMILES string of the molecule is Cc1nc(N[C@H](C)c2cccc(C(F)(F)[C@@H]3CCCO3)c2F)c2cn(C3(C)CC3)c(=O)c(F)c2n1. The molecule has 3 heterocycles. The number of rotatable bonds is 6. The summed E-state index contributed by atoms with van der Waals surface area (Å²) in [4.78, 5) is 21.0. The first-order valence-corrected chi connectivity index (χ1v) is 11.7. The van der Waals surface area contributed by atoms with E-state index in [0.29, 0.717) is 6.42 Å². The number of nitrogens with zero attached hydrogens (tertiary/aromatic N) is 3. The van der Waals surface area contributed by atoms with Gasteiger partial charge in [0.25, 0.3) is 5.56 Å². The molecule has 2 aliphatic rings. The Balaban J connectivity index is 1.55. The lowest BCUT2D eigenvalue weighted by atomic mass is 9.96. The molecule has 2 fully saturated rings. The molecule has 2 atom stereocenters. The van der Waals surface area contributed by atoms with Gasteiger partial charge in [0.1, 0.15) is 29.1 Å². The molecule has 0 unspecified atom stereocenters. The lowest BCUT2D eigenvalue weighted by Crippen LogP contribution is -2.32. The standard InChI is InChI=1S/C25H26F4N4O2/c1-13(15-6-4-7-17(19(15)26)25(28,29)18-8-5-11-35-18)30-22-16-12-33(24(3)9-10-24)23(34)20(27)21(16)31-14(2)32-22/h4,6-7,12-13,18H,5,8-11H2,1-3H3,(H,30,31,32)/t13-,18+/m1/s1. The molecule has 1 aromatic carbocycles. The van der Waals surface area contributed by atoms with Gasteiger partial charge in [-0.1, -0.05) is 12.1 Å². The summed E-state index contributed by atoms with van der Waals surface area (Å²) in [6, 6.07) is 3.07. The molecule has 6 nitrogen and oxygen atoms in total. The number of fused-ring (bicyclic) bond motifs is 1. The molecule has 5 rings (SSSR count). The second-order valence-corrected chi connectivity index (χ2v) is 9.70. The summed E-state index contributed by atoms with van der Waals surface area (Å²) in [6.45, 7) is 5.23. The van der Waals surface area contributed by atoms with E-state index in [2.05, 4.69) is 15.3 Å². The molecule has 186 valence electrons. The third kappa shape index (κ3) is 3.97. The quantitative estimate of drug-likeness (QED) is 0.473. The highest BCUT2D eigenvalue weighted by Gasteiger charge is 2.46. The van der Waals surface area contributed by atoms with Crippen LogP contribution in [0.1, 0.15) is 62.5 Å². The number of aromatic nitrogens is 3. The zero-order chi connectivity index (χ0) is 25.1. The van der Waals surface area contributed by atoms with Gasteiger partial charge in [0, 0.05) is 23.9 Å². The third-order valence-electron chi connectivity index (χ3n) is 7.03. The number of benzene rings is 1. The fourth-order valence-corrected chi connectivity index (χ4v) is 4.66. The van der Waals surface area contributed by atoms with Crippen molar-refractivity contribution >= 4 is 16.7 Å². The molecule has 10 heteroatoms. The number of alkyl halides is 2. The molecule has 1 saturated heterocycles. The minimum absolute atomic E-state index is 0.00698. The second kappa shape index (κ2) is 8.29. The van der Waals surface area contributed by atoms with Gasteiger partial charge in [0.2, 0.25) is 5.82 Å². The van der Waals surface area contributed by atoms with Crippen LogP contribution in [0.4, 0.5) is 23.4 Å². The molecule has 3 aromatic rings. The Morgan fingerprint density at radius 1 is 1.23 bits per heavy atom. The molecule has 1 saturated carbocycles. The fraction of sp³-hybridized carbons (Fsp3) is 0.480. The molecule has 35 heavy (non-hydrogen) atoms. The summed E-state index contributed by atoms with van der Waals surface area (Å²) < 4.78 is 66.9. The largest absolute Gasteiger partial charge is 0.372 e. The Bertz CT molecular complexity index is 1360. The average Bonchev–Trinajstić information content (AvgIpc) is 3.31. The smallest absolute Gasteiger partial charge is 0.301 e. The third-order valence-corrected chi connectivity index (χ3v) is 7.03. The van der Waals surface area contributed by atoms with Crippen molar-refractivity contribution in [2.45, 2.75) is 70.1 Å². The van der Waals surface area contributed by atoms with Crippen LogP contribution in [0.3, 0.4) is 0 Å². The van der Waals surface area contributed by atoms with E-state index in [1.165, 1.54) is 22.9 Å². The summed E-state index contributed by atoms with van der Waals surface area (Å²) in [5, 5.41) is 3.29. The van der Waals surface area contributed by atoms with E-state index >= 15 is 17.6 Å². The number of hydrogen-bond donors (Lipinski definition) is 1. The van der Waals surface area contributed by atoms with Gasteiger partial charge in [-0.05, 0) is 52.5 Å². The van der Waals surface area contributed by atoms with Crippen LogP contribution in [0, 0.1) is 18.6 Å². The molecule has 1 aliphatic carbocycles. The van der Waals surface area contributed by atoms with Crippen molar-refractivity contribution < 1.29 is 22.3 Å². The molecule has 0 bridgehead atoms. The van der Waals surface area contributed by atoms with Crippen LogP contribution in [0.25, 0.3) is 10.9 Å². The van der Waals surface area contributed by atoms with Crippen molar-refractivity contribution in [2.75, 3.05) is 11.9 Å². The van der Waals surface area contributed by atoms with Gasteiger partial charge >= 0.3 is 5.92 Å². The molecular formula is C25H26F4N4O2. The zero-order valence-electron chi connectivity index (χ0n) is 19.7. The first-order valence-electron chi connectivity index (χ1n) is 11.7. The molecular weight excluding hydrogens is 464 g/mol. The monoisotopic (exact) mass is 490 g/mol. The first-order chi connectivity index (χ1) is 16.5. The lowest BCUT2D eigenvalue weighted by Gasteiger charge is -2.25. The van der Waals surface area contributed by atoms with E-state index < -0.39 is 46.4 Å². The summed E-state index contributed by atoms with van der Waals surface area (Å²) in [5.74, 6) is -5.10. The minimum atomic E-state index is -3.48. The fourth-order valence-electron chi connectivity index (χ4n) is 4.66. The van der Waals surface area contributed by atoms with Crippen LogP contribution in [0.15, 0.2) is 29.2 Å². The van der Waals surface area contributed by atoms with Gasteiger partial charge < -0.3 is 14.6 Å². The normalized spacial score (nSPS) is 20.3.